The van der Waals surface area contributed by atoms with E-state index in [1.165, 1.54) is 0 Å². The third kappa shape index (κ3) is 5.07. The van der Waals surface area contributed by atoms with E-state index in [2.05, 4.69) is 34.1 Å². The van der Waals surface area contributed by atoms with Crippen LogP contribution in [-0.2, 0) is 21.6 Å². The highest BCUT2D eigenvalue weighted by molar-refractivity contribution is 5.69. The molecular weight excluding hydrogens is 306 g/mol. The van der Waals surface area contributed by atoms with Crippen molar-refractivity contribution in [2.45, 2.75) is 38.7 Å². The number of carbonyl (C=O) groups is 1. The van der Waals surface area contributed by atoms with Crippen LogP contribution in [0.5, 0.6) is 0 Å². The van der Waals surface area contributed by atoms with Gasteiger partial charge in [-0.15, -0.1) is 0 Å². The van der Waals surface area contributed by atoms with E-state index in [4.69, 9.17) is 10.3 Å². The number of nitrogens with zero attached hydrogens (tertiary/aromatic N) is 5. The lowest BCUT2D eigenvalue weighted by atomic mass is 9.82. The molecule has 24 heavy (non-hydrogen) atoms. The molecular formula is C17H19N5O2. The van der Waals surface area contributed by atoms with Crippen LogP contribution >= 0.6 is 0 Å². The lowest BCUT2D eigenvalue weighted by Crippen LogP contribution is -2.20. The zero-order valence-electron chi connectivity index (χ0n) is 13.7. The van der Waals surface area contributed by atoms with Crippen LogP contribution in [0.2, 0.25) is 0 Å². The average molecular weight is 325 g/mol. The highest BCUT2D eigenvalue weighted by Crippen LogP contribution is 2.27. The fraction of sp³-hybridized carbons (Fsp3) is 0.353. The van der Waals surface area contributed by atoms with Crippen LogP contribution in [0.4, 0.5) is 5.69 Å². The molecule has 0 fully saturated rings. The number of azide groups is 1. The van der Waals surface area contributed by atoms with Crippen molar-refractivity contribution in [1.82, 2.24) is 10.2 Å². The van der Waals surface area contributed by atoms with Gasteiger partial charge in [0.1, 0.15) is 6.61 Å². The fourth-order valence-electron chi connectivity index (χ4n) is 2.20. The fourth-order valence-corrected chi connectivity index (χ4v) is 2.20. The molecule has 0 spiro atoms. The van der Waals surface area contributed by atoms with E-state index in [9.17, 15) is 4.79 Å². The average Bonchev–Trinajstić information content (AvgIpc) is 2.60. The Labute approximate surface area is 140 Å². The Kier molecular flexibility index (Phi) is 5.87. The Morgan fingerprint density at radius 3 is 2.62 bits per heavy atom. The molecule has 1 heterocycles. The lowest BCUT2D eigenvalue weighted by molar-refractivity contribution is -0.145. The summed E-state index contributed by atoms with van der Waals surface area (Å²) in [6, 6.07) is 8.81. The summed E-state index contributed by atoms with van der Waals surface area (Å²) in [4.78, 5) is 14.7. The summed E-state index contributed by atoms with van der Waals surface area (Å²) in [5.74, 6) is -0.246. The van der Waals surface area contributed by atoms with Gasteiger partial charge in [-0.05, 0) is 34.6 Å². The molecule has 2 aromatic rings. The number of benzene rings is 1. The third-order valence-electron chi connectivity index (χ3n) is 3.82. The van der Waals surface area contributed by atoms with Crippen LogP contribution in [-0.4, -0.2) is 16.2 Å². The molecule has 0 aliphatic rings. The van der Waals surface area contributed by atoms with Gasteiger partial charge in [-0.1, -0.05) is 43.2 Å². The first-order valence-electron chi connectivity index (χ1n) is 7.58. The Balaban J connectivity index is 1.82. The van der Waals surface area contributed by atoms with Crippen molar-refractivity contribution in [3.05, 3.63) is 64.3 Å². The van der Waals surface area contributed by atoms with E-state index in [1.807, 2.05) is 6.07 Å². The lowest BCUT2D eigenvalue weighted by Gasteiger charge is -2.24. The van der Waals surface area contributed by atoms with Gasteiger partial charge in [0, 0.05) is 23.2 Å². The number of rotatable bonds is 7. The van der Waals surface area contributed by atoms with Crippen molar-refractivity contribution >= 4 is 11.7 Å². The number of hydrogen-bond acceptors (Lipinski definition) is 5. The predicted octanol–water partition coefficient (Wildman–Crippen LogP) is 4.22. The highest BCUT2D eigenvalue weighted by Gasteiger charge is 2.22. The van der Waals surface area contributed by atoms with E-state index >= 15 is 0 Å². The summed E-state index contributed by atoms with van der Waals surface area (Å²) < 4.78 is 5.29. The van der Waals surface area contributed by atoms with Crippen LogP contribution in [0.15, 0.2) is 47.8 Å². The number of aromatic nitrogens is 2. The van der Waals surface area contributed by atoms with Gasteiger partial charge < -0.3 is 4.74 Å². The Hall–Kier alpha value is -2.92. The first-order valence-corrected chi connectivity index (χ1v) is 7.58. The Morgan fingerprint density at radius 1 is 1.25 bits per heavy atom. The van der Waals surface area contributed by atoms with Crippen molar-refractivity contribution in [2.75, 3.05) is 0 Å². The number of carbonyl (C=O) groups excluding carboxylic acids is 1. The van der Waals surface area contributed by atoms with E-state index in [1.54, 1.807) is 36.7 Å². The molecule has 0 amide bonds. The van der Waals surface area contributed by atoms with Gasteiger partial charge in [-0.2, -0.15) is 10.2 Å². The standard InChI is InChI=1S/C17H19N5O2/c1-17(2,14-8-10-19-20-11-14)9-7-16(23)24-12-13-3-5-15(6-4-13)21-22-18/h3-6,8,10-11H,7,9,12H2,1-2H3. The highest BCUT2D eigenvalue weighted by atomic mass is 16.5. The van der Waals surface area contributed by atoms with E-state index in [-0.39, 0.29) is 18.0 Å². The maximum Gasteiger partial charge on any atom is 0.306 e. The number of esters is 1. The molecule has 0 radical (unpaired) electrons. The second-order valence-electron chi connectivity index (χ2n) is 6.03. The van der Waals surface area contributed by atoms with Crippen molar-refractivity contribution in [2.24, 2.45) is 5.11 Å². The molecule has 7 heteroatoms. The van der Waals surface area contributed by atoms with E-state index in [0.717, 1.165) is 11.1 Å². The number of ether oxygens (including phenoxy) is 1. The molecule has 0 N–H and O–H groups in total. The van der Waals surface area contributed by atoms with Crippen LogP contribution < -0.4 is 0 Å². The largest absolute Gasteiger partial charge is 0.461 e. The van der Waals surface area contributed by atoms with Gasteiger partial charge in [-0.25, -0.2) is 0 Å². The van der Waals surface area contributed by atoms with E-state index in [0.29, 0.717) is 18.5 Å². The second kappa shape index (κ2) is 8.08. The quantitative estimate of drug-likeness (QED) is 0.329. The molecule has 0 aliphatic heterocycles. The van der Waals surface area contributed by atoms with Crippen LogP contribution in [0.3, 0.4) is 0 Å². The SMILES string of the molecule is CC(C)(CCC(=O)OCc1ccc(N=[N+]=[N-])cc1)c1ccnnc1. The molecule has 0 saturated carbocycles. The van der Waals surface area contributed by atoms with E-state index < -0.39 is 0 Å². The zero-order valence-corrected chi connectivity index (χ0v) is 13.7. The van der Waals surface area contributed by atoms with Gasteiger partial charge in [0.15, 0.2) is 0 Å². The molecule has 0 bridgehead atoms. The van der Waals surface area contributed by atoms with Gasteiger partial charge in [0.05, 0.1) is 6.20 Å². The smallest absolute Gasteiger partial charge is 0.306 e. The molecule has 2 rings (SSSR count). The zero-order chi connectivity index (χ0) is 17.4. The van der Waals surface area contributed by atoms with Gasteiger partial charge >= 0.3 is 5.97 Å². The molecule has 1 aromatic carbocycles. The summed E-state index contributed by atoms with van der Waals surface area (Å²) in [5.41, 5.74) is 10.6. The van der Waals surface area contributed by atoms with Crippen molar-refractivity contribution in [1.29, 1.82) is 0 Å². The summed E-state index contributed by atoms with van der Waals surface area (Å²) in [6.45, 7) is 4.32. The minimum atomic E-state index is -0.246. The van der Waals surface area contributed by atoms with Crippen molar-refractivity contribution in [3.8, 4) is 0 Å². The van der Waals surface area contributed by atoms with Crippen LogP contribution in [0.25, 0.3) is 10.4 Å². The second-order valence-corrected chi connectivity index (χ2v) is 6.03. The first kappa shape index (κ1) is 17.4. The maximum atomic E-state index is 11.9. The van der Waals surface area contributed by atoms with Crippen molar-refractivity contribution in [3.63, 3.8) is 0 Å². The monoisotopic (exact) mass is 325 g/mol. The normalized spacial score (nSPS) is 10.8. The maximum absolute atomic E-state index is 11.9. The summed E-state index contributed by atoms with van der Waals surface area (Å²) in [5, 5.41) is 11.1. The summed E-state index contributed by atoms with van der Waals surface area (Å²) >= 11 is 0. The Morgan fingerprint density at radius 2 is 2.00 bits per heavy atom. The number of hydrogen-bond donors (Lipinski definition) is 0. The van der Waals surface area contributed by atoms with Crippen LogP contribution in [0, 0.1) is 0 Å². The summed E-state index contributed by atoms with van der Waals surface area (Å²) in [7, 11) is 0. The van der Waals surface area contributed by atoms with Crippen LogP contribution in [0.1, 0.15) is 37.8 Å². The third-order valence-corrected chi connectivity index (χ3v) is 3.82. The van der Waals surface area contributed by atoms with Gasteiger partial charge in [0.2, 0.25) is 0 Å². The molecule has 1 aromatic heterocycles. The minimum Gasteiger partial charge on any atom is -0.461 e. The summed E-state index contributed by atoms with van der Waals surface area (Å²) in [6.07, 6.45) is 4.35. The Bertz CT molecular complexity index is 722. The molecule has 0 aliphatic carbocycles. The topological polar surface area (TPSA) is 101 Å². The predicted molar refractivity (Wildman–Crippen MR) is 89.3 cm³/mol. The molecule has 124 valence electrons. The molecule has 0 atom stereocenters. The molecule has 0 saturated heterocycles. The molecule has 0 unspecified atom stereocenters. The minimum absolute atomic E-state index is 0.175. The first-order chi connectivity index (χ1) is 11.5. The van der Waals surface area contributed by atoms with Gasteiger partial charge in [-0.3, -0.25) is 4.79 Å². The van der Waals surface area contributed by atoms with Crippen molar-refractivity contribution < 1.29 is 9.53 Å². The van der Waals surface area contributed by atoms with Gasteiger partial charge in [0.25, 0.3) is 0 Å². The molecule has 7 nitrogen and oxygen atoms in total.